The van der Waals surface area contributed by atoms with Crippen molar-refractivity contribution in [2.24, 2.45) is 0 Å². The van der Waals surface area contributed by atoms with Crippen LogP contribution in [0.5, 0.6) is 0 Å². The second-order valence-corrected chi connectivity index (χ2v) is 18.2. The van der Waals surface area contributed by atoms with Crippen LogP contribution < -0.4 is 0 Å². The molecule has 0 fully saturated rings. The zero-order chi connectivity index (χ0) is 31.4. The van der Waals surface area contributed by atoms with Gasteiger partial charge in [0.15, 0.2) is 9.84 Å². The first-order valence-corrected chi connectivity index (χ1v) is 21.8. The van der Waals surface area contributed by atoms with Crippen LogP contribution >= 0.6 is 108 Å². The molecule has 0 radical (unpaired) electrons. The predicted octanol–water partition coefficient (Wildman–Crippen LogP) is 5.77. The topological polar surface area (TPSA) is 99.7 Å². The second-order valence-electron chi connectivity index (χ2n) is 8.13. The molecule has 248 valence electrons. The highest BCUT2D eigenvalue weighted by Gasteiger charge is 2.40. The molecule has 0 saturated carbocycles. The average Bonchev–Trinajstić information content (AvgIpc) is 2.92. The van der Waals surface area contributed by atoms with E-state index in [9.17, 15) is 17.5 Å². The summed E-state index contributed by atoms with van der Waals surface area (Å²) in [4.78, 5) is 0. The first kappa shape index (κ1) is 43.5. The normalized spacial score (nSPS) is 13.4. The smallest absolute Gasteiger partial charge is 0.305 e. The number of alkyl halides is 8. The summed E-state index contributed by atoms with van der Waals surface area (Å²) in [6, 6.07) is 0. The van der Waals surface area contributed by atoms with Gasteiger partial charge in [-0.2, -0.15) is 0 Å². The van der Waals surface area contributed by atoms with Crippen molar-refractivity contribution in [3.8, 4) is 0 Å². The maximum atomic E-state index is 14.1. The van der Waals surface area contributed by atoms with E-state index in [4.69, 9.17) is 102 Å². The van der Waals surface area contributed by atoms with Gasteiger partial charge in [-0.15, -0.1) is 92.8 Å². The van der Waals surface area contributed by atoms with Crippen LogP contribution in [0.3, 0.4) is 0 Å². The van der Waals surface area contributed by atoms with Gasteiger partial charge >= 0.3 is 15.3 Å². The molecule has 0 amide bonds. The van der Waals surface area contributed by atoms with Gasteiger partial charge in [-0.1, -0.05) is 0 Å². The lowest BCUT2D eigenvalue weighted by atomic mass is 10.6. The lowest BCUT2D eigenvalue weighted by Gasteiger charge is -2.37. The Morgan fingerprint density at radius 3 is 0.805 bits per heavy atom. The molecule has 0 spiro atoms. The van der Waals surface area contributed by atoms with Gasteiger partial charge in [-0.05, 0) is 0 Å². The maximum absolute atomic E-state index is 14.1. The molecule has 21 heteroatoms. The van der Waals surface area contributed by atoms with E-state index in [1.807, 2.05) is 0 Å². The van der Waals surface area contributed by atoms with Crippen molar-refractivity contribution in [3.63, 3.8) is 0 Å². The fourth-order valence-corrected chi connectivity index (χ4v) is 12.1. The van der Waals surface area contributed by atoms with Gasteiger partial charge in [-0.3, -0.25) is 9.13 Å². The van der Waals surface area contributed by atoms with Crippen LogP contribution in [0.4, 0.5) is 0 Å². The van der Waals surface area contributed by atoms with E-state index in [1.165, 1.54) is 18.7 Å². The second kappa shape index (κ2) is 24.6. The van der Waals surface area contributed by atoms with Crippen molar-refractivity contribution in [1.29, 1.82) is 0 Å². The maximum Gasteiger partial charge on any atom is 0.346 e. The Balaban J connectivity index is 5.71. The van der Waals surface area contributed by atoms with Crippen LogP contribution in [-0.4, -0.2) is 151 Å². The van der Waals surface area contributed by atoms with E-state index in [2.05, 4.69) is 0 Å². The lowest BCUT2D eigenvalue weighted by Crippen LogP contribution is -2.38. The molecule has 0 aliphatic heterocycles. The minimum atomic E-state index is -3.80. The number of hydrogen-bond donors (Lipinski definition) is 0. The van der Waals surface area contributed by atoms with Crippen molar-refractivity contribution in [2.45, 2.75) is 0 Å². The van der Waals surface area contributed by atoms with Gasteiger partial charge in [0.25, 0.3) is 0 Å². The fourth-order valence-electron chi connectivity index (χ4n) is 3.59. The van der Waals surface area contributed by atoms with Gasteiger partial charge in [-0.25, -0.2) is 27.1 Å². The minimum absolute atomic E-state index is 0.143. The highest BCUT2D eigenvalue weighted by Crippen LogP contribution is 2.55. The van der Waals surface area contributed by atoms with Crippen LogP contribution in [0.15, 0.2) is 0 Å². The highest BCUT2D eigenvalue weighted by molar-refractivity contribution is 7.91. The molecule has 0 unspecified atom stereocenters. The van der Waals surface area contributed by atoms with Crippen molar-refractivity contribution in [2.75, 3.05) is 124 Å². The van der Waals surface area contributed by atoms with Crippen LogP contribution in [0.25, 0.3) is 0 Å². The SMILES string of the molecule is O=P(OCCS(=O)(=O)CCOP(=O)(N(CCCl)CCCl)N(CCCl)CCCl)(N(CCCl)CCCl)N(CCCl)CCCl. The number of rotatable bonds is 28. The Bertz CT molecular complexity index is 763. The van der Waals surface area contributed by atoms with Crippen molar-refractivity contribution < 1.29 is 26.6 Å². The molecule has 0 heterocycles. The molecule has 41 heavy (non-hydrogen) atoms. The third-order valence-electron chi connectivity index (χ3n) is 5.48. The van der Waals surface area contributed by atoms with E-state index < -0.39 is 49.9 Å². The fraction of sp³-hybridized carbons (Fsp3) is 1.00. The van der Waals surface area contributed by atoms with Gasteiger partial charge < -0.3 is 9.05 Å². The summed E-state index contributed by atoms with van der Waals surface area (Å²) in [5.74, 6) is 0.194. The van der Waals surface area contributed by atoms with Gasteiger partial charge in [0.05, 0.1) is 24.7 Å². The molecular weight excluding hydrogens is 770 g/mol. The third kappa shape index (κ3) is 15.8. The molecule has 0 atom stereocenters. The molecule has 0 aromatic heterocycles. The highest BCUT2D eigenvalue weighted by atomic mass is 35.5. The minimum Gasteiger partial charge on any atom is -0.305 e. The Labute approximate surface area is 285 Å². The number of nitrogens with zero attached hydrogens (tertiary/aromatic N) is 4. The molecule has 10 nitrogen and oxygen atoms in total. The molecular formula is C20H40Cl8N4O6P2S. The Morgan fingerprint density at radius 2 is 0.634 bits per heavy atom. The van der Waals surface area contributed by atoms with Crippen LogP contribution in [0.1, 0.15) is 0 Å². The predicted molar refractivity (Wildman–Crippen MR) is 178 cm³/mol. The average molecular weight is 810 g/mol. The summed E-state index contributed by atoms with van der Waals surface area (Å²) in [6.45, 7) is 0.693. The van der Waals surface area contributed by atoms with Crippen molar-refractivity contribution in [1.82, 2.24) is 18.7 Å². The van der Waals surface area contributed by atoms with Crippen LogP contribution in [-0.2, 0) is 28.0 Å². The molecule has 0 saturated heterocycles. The molecule has 0 rings (SSSR count). The summed E-state index contributed by atoms with van der Waals surface area (Å²) < 4.78 is 71.5. The van der Waals surface area contributed by atoms with Gasteiger partial charge in [0.1, 0.15) is 0 Å². The van der Waals surface area contributed by atoms with Crippen LogP contribution in [0, 0.1) is 0 Å². The van der Waals surface area contributed by atoms with Gasteiger partial charge in [0, 0.05) is 99.4 Å². The monoisotopic (exact) mass is 806 g/mol. The lowest BCUT2D eigenvalue weighted by molar-refractivity contribution is 0.224. The third-order valence-corrected chi connectivity index (χ3v) is 13.9. The van der Waals surface area contributed by atoms with E-state index in [-0.39, 0.29) is 99.4 Å². The largest absolute Gasteiger partial charge is 0.346 e. The Kier molecular flexibility index (Phi) is 26.1. The molecule has 0 bridgehead atoms. The zero-order valence-electron chi connectivity index (χ0n) is 22.7. The van der Waals surface area contributed by atoms with Crippen molar-refractivity contribution >= 4 is 118 Å². The molecule has 0 aromatic rings. The molecule has 0 N–H and O–H groups in total. The van der Waals surface area contributed by atoms with E-state index in [0.717, 1.165) is 0 Å². The number of halogens is 8. The summed E-state index contributed by atoms with van der Waals surface area (Å²) >= 11 is 47.4. The standard InChI is InChI=1S/C20H40Cl8N4O6P2S/c21-1-9-29(10-2-22)39(33,30(11-3-23)12-4-24)37-17-19-41(35,36)20-18-38-40(34,31(13-5-25)14-6-26)32(15-7-27)16-8-28/h1-20H2. The van der Waals surface area contributed by atoms with E-state index >= 15 is 0 Å². The summed E-state index contributed by atoms with van der Waals surface area (Å²) in [7, 11) is -11.4. The quantitative estimate of drug-likeness (QED) is 0.0716. The zero-order valence-corrected chi connectivity index (χ0v) is 31.4. The number of sulfone groups is 1. The first-order chi connectivity index (χ1) is 19.5. The summed E-state index contributed by atoms with van der Waals surface area (Å²) in [5, 5.41) is 0. The Hall–Kier alpha value is 2.49. The van der Waals surface area contributed by atoms with Crippen molar-refractivity contribution in [3.05, 3.63) is 0 Å². The van der Waals surface area contributed by atoms with Crippen LogP contribution in [0.2, 0.25) is 0 Å². The molecule has 0 aliphatic carbocycles. The summed E-state index contributed by atoms with van der Waals surface area (Å²) in [5.41, 5.74) is 0. The van der Waals surface area contributed by atoms with Gasteiger partial charge in [0.2, 0.25) is 0 Å². The molecule has 0 aromatic carbocycles. The summed E-state index contributed by atoms with van der Waals surface area (Å²) in [6.07, 6.45) is 0. The first-order valence-electron chi connectivity index (χ1n) is 12.7. The number of hydrogen-bond acceptors (Lipinski definition) is 6. The van der Waals surface area contributed by atoms with E-state index in [1.54, 1.807) is 0 Å². The Morgan fingerprint density at radius 1 is 0.439 bits per heavy atom. The molecule has 0 aliphatic rings. The van der Waals surface area contributed by atoms with E-state index in [0.29, 0.717) is 0 Å².